The van der Waals surface area contributed by atoms with Gasteiger partial charge in [0.15, 0.2) is 0 Å². The molecule has 4 nitrogen and oxygen atoms in total. The maximum absolute atomic E-state index is 12.8. The Morgan fingerprint density at radius 2 is 1.88 bits per heavy atom. The largest absolute Gasteiger partial charge is 0.310 e. The zero-order chi connectivity index (χ0) is 18.4. The molecule has 26 heavy (non-hydrogen) atoms. The number of rotatable bonds is 8. The van der Waals surface area contributed by atoms with Crippen LogP contribution in [0.15, 0.2) is 54.7 Å². The Morgan fingerprint density at radius 3 is 2.62 bits per heavy atom. The first-order valence-corrected chi connectivity index (χ1v) is 9.53. The van der Waals surface area contributed by atoms with Crippen molar-refractivity contribution in [2.45, 2.75) is 46.0 Å². The second-order valence-corrected chi connectivity index (χ2v) is 6.73. The van der Waals surface area contributed by atoms with Crippen molar-refractivity contribution in [1.82, 2.24) is 9.38 Å². The summed E-state index contributed by atoms with van der Waals surface area (Å²) < 4.78 is 1.97. The van der Waals surface area contributed by atoms with E-state index in [1.807, 2.05) is 47.0 Å². The highest BCUT2D eigenvalue weighted by molar-refractivity contribution is 5.92. The van der Waals surface area contributed by atoms with Crippen LogP contribution in [-0.2, 0) is 11.2 Å². The molecule has 3 aromatic rings. The normalized spacial score (nSPS) is 12.2. The summed E-state index contributed by atoms with van der Waals surface area (Å²) >= 11 is 0. The molecule has 2 heterocycles. The first kappa shape index (κ1) is 18.2. The molecular weight excluding hydrogens is 322 g/mol. The molecule has 1 aromatic carbocycles. The van der Waals surface area contributed by atoms with E-state index < -0.39 is 0 Å². The van der Waals surface area contributed by atoms with Crippen LogP contribution in [-0.4, -0.2) is 15.3 Å². The van der Waals surface area contributed by atoms with E-state index in [2.05, 4.69) is 31.3 Å². The summed E-state index contributed by atoms with van der Waals surface area (Å²) in [6, 6.07) is 16.1. The molecule has 0 unspecified atom stereocenters. The number of imidazole rings is 1. The molecule has 0 aliphatic heterocycles. The van der Waals surface area contributed by atoms with E-state index in [1.165, 1.54) is 5.56 Å². The maximum atomic E-state index is 12.8. The molecule has 3 rings (SSSR count). The van der Waals surface area contributed by atoms with Crippen LogP contribution >= 0.6 is 0 Å². The Labute approximate surface area is 155 Å². The Morgan fingerprint density at radius 1 is 1.12 bits per heavy atom. The molecule has 1 amide bonds. The molecule has 0 bridgehead atoms. The lowest BCUT2D eigenvalue weighted by atomic mass is 9.98. The molecular formula is C22H27N3O. The number of hydrogen-bond acceptors (Lipinski definition) is 2. The lowest BCUT2D eigenvalue weighted by Gasteiger charge is -2.15. The van der Waals surface area contributed by atoms with Crippen LogP contribution in [0.3, 0.4) is 0 Å². The molecule has 0 fully saturated rings. The molecule has 4 heteroatoms. The summed E-state index contributed by atoms with van der Waals surface area (Å²) in [5.74, 6) is 0.944. The summed E-state index contributed by atoms with van der Waals surface area (Å²) in [5, 5.41) is 3.18. The number of hydrogen-bond donors (Lipinski definition) is 1. The van der Waals surface area contributed by atoms with Gasteiger partial charge in [-0.25, -0.2) is 4.98 Å². The predicted molar refractivity (Wildman–Crippen MR) is 106 cm³/mol. The fourth-order valence-electron chi connectivity index (χ4n) is 3.28. The molecule has 0 saturated heterocycles. The molecule has 0 spiro atoms. The van der Waals surface area contributed by atoms with Gasteiger partial charge in [0.25, 0.3) is 0 Å². The second kappa shape index (κ2) is 8.65. The van der Waals surface area contributed by atoms with Crippen LogP contribution in [0.25, 0.3) is 5.65 Å². The zero-order valence-electron chi connectivity index (χ0n) is 15.6. The average Bonchev–Trinajstić information content (AvgIpc) is 3.00. The van der Waals surface area contributed by atoms with Crippen molar-refractivity contribution in [2.24, 2.45) is 5.92 Å². The highest BCUT2D eigenvalue weighted by Gasteiger charge is 2.20. The van der Waals surface area contributed by atoms with Crippen LogP contribution in [0.1, 0.15) is 50.8 Å². The minimum absolute atomic E-state index is 0.0498. The monoisotopic (exact) mass is 349 g/mol. The van der Waals surface area contributed by atoms with Gasteiger partial charge in [0.2, 0.25) is 5.91 Å². The summed E-state index contributed by atoms with van der Waals surface area (Å²) in [4.78, 5) is 17.6. The van der Waals surface area contributed by atoms with Gasteiger partial charge in [-0.05, 0) is 30.5 Å². The van der Waals surface area contributed by atoms with E-state index in [0.717, 1.165) is 42.8 Å². The van der Waals surface area contributed by atoms with Crippen molar-refractivity contribution >= 4 is 17.4 Å². The number of fused-ring (bicyclic) bond motifs is 1. The number of carbonyl (C=O) groups excluding carboxylic acids is 1. The average molecular weight is 349 g/mol. The standard InChI is InChI=1S/C22H27N3O/c1-3-5-13-18(4-2)22(26)24-21-19(16-17-11-7-6-8-12-17)23-20-14-9-10-15-25(20)21/h6-12,14-15,18H,3-5,13,16H2,1-2H3,(H,24,26)/t18-/m0/s1. The van der Waals surface area contributed by atoms with Gasteiger partial charge in [0.1, 0.15) is 11.5 Å². The topological polar surface area (TPSA) is 46.4 Å². The molecule has 0 saturated carbocycles. The van der Waals surface area contributed by atoms with Gasteiger partial charge in [-0.15, -0.1) is 0 Å². The van der Waals surface area contributed by atoms with Gasteiger partial charge >= 0.3 is 0 Å². The van der Waals surface area contributed by atoms with Crippen LogP contribution in [0.4, 0.5) is 5.82 Å². The summed E-state index contributed by atoms with van der Waals surface area (Å²) in [7, 11) is 0. The highest BCUT2D eigenvalue weighted by Crippen LogP contribution is 2.23. The maximum Gasteiger partial charge on any atom is 0.228 e. The van der Waals surface area contributed by atoms with Gasteiger partial charge < -0.3 is 5.32 Å². The van der Waals surface area contributed by atoms with Gasteiger partial charge in [-0.1, -0.05) is 63.1 Å². The minimum Gasteiger partial charge on any atom is -0.310 e. The van der Waals surface area contributed by atoms with E-state index in [4.69, 9.17) is 4.98 Å². The number of unbranched alkanes of at least 4 members (excludes halogenated alkanes) is 1. The van der Waals surface area contributed by atoms with Crippen LogP contribution in [0.5, 0.6) is 0 Å². The van der Waals surface area contributed by atoms with Gasteiger partial charge in [-0.3, -0.25) is 9.20 Å². The Bertz CT molecular complexity index is 854. The third-order valence-electron chi connectivity index (χ3n) is 4.83. The predicted octanol–water partition coefficient (Wildman–Crippen LogP) is 5.08. The number of nitrogens with zero attached hydrogens (tertiary/aromatic N) is 2. The van der Waals surface area contributed by atoms with E-state index in [0.29, 0.717) is 6.42 Å². The number of aromatic nitrogens is 2. The van der Waals surface area contributed by atoms with Crippen LogP contribution in [0.2, 0.25) is 0 Å². The van der Waals surface area contributed by atoms with E-state index in [1.54, 1.807) is 0 Å². The molecule has 0 aliphatic rings. The van der Waals surface area contributed by atoms with Gasteiger partial charge in [0, 0.05) is 18.5 Å². The van der Waals surface area contributed by atoms with Gasteiger partial charge in [0.05, 0.1) is 5.69 Å². The quantitative estimate of drug-likeness (QED) is 0.616. The van der Waals surface area contributed by atoms with E-state index in [9.17, 15) is 4.79 Å². The fourth-order valence-corrected chi connectivity index (χ4v) is 3.28. The Balaban J connectivity index is 1.90. The number of carbonyl (C=O) groups is 1. The highest BCUT2D eigenvalue weighted by atomic mass is 16.2. The van der Waals surface area contributed by atoms with Gasteiger partial charge in [-0.2, -0.15) is 0 Å². The summed E-state index contributed by atoms with van der Waals surface area (Å²) in [6.07, 6.45) is 6.64. The molecule has 1 atom stereocenters. The third kappa shape index (κ3) is 4.13. The van der Waals surface area contributed by atoms with Crippen molar-refractivity contribution < 1.29 is 4.79 Å². The molecule has 0 aliphatic carbocycles. The second-order valence-electron chi connectivity index (χ2n) is 6.73. The molecule has 136 valence electrons. The van der Waals surface area contributed by atoms with Crippen molar-refractivity contribution in [3.05, 3.63) is 66.0 Å². The smallest absolute Gasteiger partial charge is 0.228 e. The van der Waals surface area contributed by atoms with Crippen LogP contribution < -0.4 is 5.32 Å². The zero-order valence-corrected chi connectivity index (χ0v) is 15.6. The number of amides is 1. The van der Waals surface area contributed by atoms with Crippen molar-refractivity contribution in [1.29, 1.82) is 0 Å². The van der Waals surface area contributed by atoms with Crippen molar-refractivity contribution in [3.8, 4) is 0 Å². The number of pyridine rings is 1. The SMILES string of the molecule is CCCC[C@H](CC)C(=O)Nc1c(Cc2ccccc2)nc2ccccn12. The number of benzene rings is 1. The Hall–Kier alpha value is -2.62. The van der Waals surface area contributed by atoms with E-state index >= 15 is 0 Å². The first-order chi connectivity index (χ1) is 12.7. The third-order valence-corrected chi connectivity index (χ3v) is 4.83. The summed E-state index contributed by atoms with van der Waals surface area (Å²) in [6.45, 7) is 4.24. The lowest BCUT2D eigenvalue weighted by Crippen LogP contribution is -2.23. The van der Waals surface area contributed by atoms with E-state index in [-0.39, 0.29) is 11.8 Å². The number of anilines is 1. The molecule has 1 N–H and O–H groups in total. The minimum atomic E-state index is 0.0498. The number of nitrogens with one attached hydrogen (secondary N) is 1. The summed E-state index contributed by atoms with van der Waals surface area (Å²) in [5.41, 5.74) is 2.95. The molecule has 2 aromatic heterocycles. The van der Waals surface area contributed by atoms with Crippen molar-refractivity contribution in [3.63, 3.8) is 0 Å². The lowest BCUT2D eigenvalue weighted by molar-refractivity contribution is -0.120. The molecule has 0 radical (unpaired) electrons. The fraction of sp³-hybridized carbons (Fsp3) is 0.364. The first-order valence-electron chi connectivity index (χ1n) is 9.53. The van der Waals surface area contributed by atoms with Crippen molar-refractivity contribution in [2.75, 3.05) is 5.32 Å². The Kier molecular flexibility index (Phi) is 6.05. The van der Waals surface area contributed by atoms with Crippen LogP contribution in [0, 0.1) is 5.92 Å².